The Bertz CT molecular complexity index is 849. The first-order valence-corrected chi connectivity index (χ1v) is 9.16. The molecule has 0 aliphatic carbocycles. The van der Waals surface area contributed by atoms with E-state index in [1.54, 1.807) is 19.9 Å². The van der Waals surface area contributed by atoms with Crippen molar-refractivity contribution in [1.82, 2.24) is 0 Å². The molecule has 1 aliphatic rings. The number of aliphatic imine (C=N–C) groups is 1. The molecule has 0 fully saturated rings. The lowest BCUT2D eigenvalue weighted by Crippen LogP contribution is -2.36. The van der Waals surface area contributed by atoms with E-state index in [0.717, 1.165) is 0 Å². The Balaban J connectivity index is 2.59. The molecule has 0 bridgehead atoms. The summed E-state index contributed by atoms with van der Waals surface area (Å²) in [4.78, 5) is 40.3. The Morgan fingerprint density at radius 2 is 2.04 bits per heavy atom. The third-order valence-electron chi connectivity index (χ3n) is 4.45. The monoisotopic (exact) mass is 408 g/mol. The molecule has 150 valence electrons. The van der Waals surface area contributed by atoms with Gasteiger partial charge in [0.15, 0.2) is 0 Å². The first kappa shape index (κ1) is 21.6. The zero-order chi connectivity index (χ0) is 20.8. The van der Waals surface area contributed by atoms with Gasteiger partial charge in [-0.2, -0.15) is 0 Å². The summed E-state index contributed by atoms with van der Waals surface area (Å²) >= 11 is 5.62. The van der Waals surface area contributed by atoms with Gasteiger partial charge < -0.3 is 9.47 Å². The van der Waals surface area contributed by atoms with E-state index in [2.05, 4.69) is 4.99 Å². The largest absolute Gasteiger partial charge is 0.468 e. The summed E-state index contributed by atoms with van der Waals surface area (Å²) in [5, 5.41) is 11.2. The number of non-ortho nitro benzene ring substituents is 1. The number of allylic oxidation sites excluding steroid dienone is 1. The fourth-order valence-electron chi connectivity index (χ4n) is 3.22. The zero-order valence-corrected chi connectivity index (χ0v) is 16.6. The van der Waals surface area contributed by atoms with Crippen LogP contribution in [0.4, 0.5) is 5.69 Å². The van der Waals surface area contributed by atoms with Crippen molar-refractivity contribution in [3.63, 3.8) is 0 Å². The highest BCUT2D eigenvalue weighted by atomic mass is 35.5. The van der Waals surface area contributed by atoms with Crippen molar-refractivity contribution in [3.05, 3.63) is 51.2 Å². The molecule has 0 spiro atoms. The number of hydrogen-bond donors (Lipinski definition) is 0. The summed E-state index contributed by atoms with van der Waals surface area (Å²) in [6, 6.07) is 5.83. The molecule has 2 unspecified atom stereocenters. The Kier molecular flexibility index (Phi) is 7.28. The summed E-state index contributed by atoms with van der Waals surface area (Å²) in [6.07, 6.45) is 0.476. The van der Waals surface area contributed by atoms with Crippen LogP contribution in [0.3, 0.4) is 0 Å². The van der Waals surface area contributed by atoms with Crippen LogP contribution in [0.1, 0.15) is 31.7 Å². The molecule has 0 saturated carbocycles. The van der Waals surface area contributed by atoms with E-state index in [4.69, 9.17) is 21.1 Å². The lowest BCUT2D eigenvalue weighted by atomic mass is 9.75. The average Bonchev–Trinajstić information content (AvgIpc) is 2.67. The maximum Gasteiger partial charge on any atom is 0.336 e. The van der Waals surface area contributed by atoms with Crippen LogP contribution in [0, 0.1) is 16.0 Å². The Morgan fingerprint density at radius 3 is 2.64 bits per heavy atom. The SMILES string of the molecule is COC(=O)C1C(C)=NC(C)=C(C(=O)OCCCCl)C1c1cccc([N+](=O)[O-])c1. The van der Waals surface area contributed by atoms with Crippen LogP contribution < -0.4 is 0 Å². The van der Waals surface area contributed by atoms with Gasteiger partial charge >= 0.3 is 11.9 Å². The molecule has 1 aromatic rings. The molecule has 1 aliphatic heterocycles. The normalized spacial score (nSPS) is 19.1. The van der Waals surface area contributed by atoms with E-state index >= 15 is 0 Å². The van der Waals surface area contributed by atoms with Crippen LogP contribution in [0.5, 0.6) is 0 Å². The van der Waals surface area contributed by atoms with E-state index in [1.807, 2.05) is 0 Å². The minimum absolute atomic E-state index is 0.117. The second-order valence-electron chi connectivity index (χ2n) is 6.26. The smallest absolute Gasteiger partial charge is 0.336 e. The molecule has 0 aromatic heterocycles. The van der Waals surface area contributed by atoms with E-state index < -0.39 is 28.7 Å². The van der Waals surface area contributed by atoms with E-state index in [-0.39, 0.29) is 17.9 Å². The van der Waals surface area contributed by atoms with Gasteiger partial charge in [0, 0.05) is 35.3 Å². The van der Waals surface area contributed by atoms with Crippen molar-refractivity contribution in [1.29, 1.82) is 0 Å². The van der Waals surface area contributed by atoms with Crippen LogP contribution >= 0.6 is 11.6 Å². The maximum atomic E-state index is 12.8. The fraction of sp³-hybridized carbons (Fsp3) is 0.421. The average molecular weight is 409 g/mol. The minimum Gasteiger partial charge on any atom is -0.468 e. The van der Waals surface area contributed by atoms with E-state index in [1.165, 1.54) is 25.3 Å². The van der Waals surface area contributed by atoms with E-state index in [9.17, 15) is 19.7 Å². The molecule has 0 amide bonds. The molecule has 2 rings (SSSR count). The summed E-state index contributed by atoms with van der Waals surface area (Å²) in [6.45, 7) is 3.41. The van der Waals surface area contributed by atoms with Gasteiger partial charge in [0.2, 0.25) is 0 Å². The molecule has 0 radical (unpaired) electrons. The van der Waals surface area contributed by atoms with Gasteiger partial charge in [-0.3, -0.25) is 19.9 Å². The molecule has 0 saturated heterocycles. The topological polar surface area (TPSA) is 108 Å². The number of esters is 2. The molecule has 2 atom stereocenters. The molecule has 28 heavy (non-hydrogen) atoms. The minimum atomic E-state index is -0.897. The number of carbonyl (C=O) groups excluding carboxylic acids is 2. The number of ether oxygens (including phenoxy) is 2. The molecule has 1 heterocycles. The Labute approximate surface area is 167 Å². The number of carbonyl (C=O) groups is 2. The van der Waals surface area contributed by atoms with Crippen molar-refractivity contribution in [2.75, 3.05) is 19.6 Å². The number of methoxy groups -OCH3 is 1. The Hall–Kier alpha value is -2.74. The predicted molar refractivity (Wildman–Crippen MR) is 103 cm³/mol. The van der Waals surface area contributed by atoms with Gasteiger partial charge in [0.25, 0.3) is 5.69 Å². The third kappa shape index (κ3) is 4.56. The van der Waals surface area contributed by atoms with Crippen molar-refractivity contribution in [2.45, 2.75) is 26.2 Å². The van der Waals surface area contributed by atoms with Crippen LogP contribution in [0.15, 0.2) is 40.5 Å². The van der Waals surface area contributed by atoms with Crippen LogP contribution in [-0.2, 0) is 19.1 Å². The van der Waals surface area contributed by atoms with Crippen LogP contribution in [0.2, 0.25) is 0 Å². The second kappa shape index (κ2) is 9.45. The lowest BCUT2D eigenvalue weighted by molar-refractivity contribution is -0.384. The van der Waals surface area contributed by atoms with Crippen LogP contribution in [-0.4, -0.2) is 42.2 Å². The standard InChI is InChI=1S/C19H21ClN2O6/c1-11-15(18(23)27-3)17(13-6-4-7-14(10-13)22(25)26)16(12(2)21-11)19(24)28-9-5-8-20/h4,6-7,10,15,17H,5,8-9H2,1-3H3. The number of rotatable bonds is 7. The number of halogens is 1. The molecular formula is C19H21ClN2O6. The van der Waals surface area contributed by atoms with Crippen molar-refractivity contribution in [3.8, 4) is 0 Å². The number of hydrogen-bond acceptors (Lipinski definition) is 7. The highest BCUT2D eigenvalue weighted by Gasteiger charge is 2.42. The van der Waals surface area contributed by atoms with Gasteiger partial charge in [0.05, 0.1) is 24.2 Å². The highest BCUT2D eigenvalue weighted by molar-refractivity contribution is 6.17. The maximum absolute atomic E-state index is 12.8. The lowest BCUT2D eigenvalue weighted by Gasteiger charge is -2.31. The first-order valence-electron chi connectivity index (χ1n) is 8.63. The van der Waals surface area contributed by atoms with E-state index in [0.29, 0.717) is 29.3 Å². The third-order valence-corrected chi connectivity index (χ3v) is 4.72. The quantitative estimate of drug-likeness (QED) is 0.225. The first-order chi connectivity index (χ1) is 13.3. The van der Waals surface area contributed by atoms with Gasteiger partial charge in [-0.25, -0.2) is 4.79 Å². The molecule has 0 N–H and O–H groups in total. The summed E-state index contributed by atoms with van der Waals surface area (Å²) in [5.41, 5.74) is 1.32. The fourth-order valence-corrected chi connectivity index (χ4v) is 3.33. The van der Waals surface area contributed by atoms with Crippen molar-refractivity contribution < 1.29 is 24.0 Å². The number of alkyl halides is 1. The molecule has 8 nitrogen and oxygen atoms in total. The number of nitro benzene ring substituents is 1. The van der Waals surface area contributed by atoms with Crippen molar-refractivity contribution >= 4 is 34.9 Å². The summed E-state index contributed by atoms with van der Waals surface area (Å²) in [7, 11) is 1.24. The summed E-state index contributed by atoms with van der Waals surface area (Å²) < 4.78 is 10.2. The number of nitrogens with zero attached hydrogens (tertiary/aromatic N) is 2. The van der Waals surface area contributed by atoms with Gasteiger partial charge in [-0.05, 0) is 25.8 Å². The number of benzene rings is 1. The Morgan fingerprint density at radius 1 is 1.32 bits per heavy atom. The molecular weight excluding hydrogens is 388 g/mol. The zero-order valence-electron chi connectivity index (χ0n) is 15.8. The molecule has 1 aromatic carbocycles. The highest BCUT2D eigenvalue weighted by Crippen LogP contribution is 2.40. The molecule has 9 heteroatoms. The van der Waals surface area contributed by atoms with Gasteiger partial charge in [-0.1, -0.05) is 12.1 Å². The second-order valence-corrected chi connectivity index (χ2v) is 6.64. The summed E-state index contributed by atoms with van der Waals surface area (Å²) in [5.74, 6) is -2.60. The van der Waals surface area contributed by atoms with Gasteiger partial charge in [-0.15, -0.1) is 11.6 Å². The van der Waals surface area contributed by atoms with Gasteiger partial charge in [0.1, 0.15) is 5.92 Å². The predicted octanol–water partition coefficient (Wildman–Crippen LogP) is 3.39. The number of nitro groups is 1. The van der Waals surface area contributed by atoms with Crippen molar-refractivity contribution in [2.24, 2.45) is 10.9 Å². The van der Waals surface area contributed by atoms with Crippen LogP contribution in [0.25, 0.3) is 0 Å².